The molecule has 2 aromatic rings. The van der Waals surface area contributed by atoms with Crippen LogP contribution < -0.4 is 15.2 Å². The van der Waals surface area contributed by atoms with E-state index >= 15 is 0 Å². The molecule has 0 aliphatic carbocycles. The molecule has 1 aromatic carbocycles. The lowest BCUT2D eigenvalue weighted by atomic mass is 10.1. The minimum atomic E-state index is 0.271. The van der Waals surface area contributed by atoms with E-state index in [1.165, 1.54) is 0 Å². The number of fused-ring (bicyclic) bond motifs is 1. The van der Waals surface area contributed by atoms with E-state index in [0.29, 0.717) is 6.54 Å². The lowest BCUT2D eigenvalue weighted by Crippen LogP contribution is -2.01. The summed E-state index contributed by atoms with van der Waals surface area (Å²) in [7, 11) is 0. The number of hydrogen-bond acceptors (Lipinski definition) is 5. The first kappa shape index (κ1) is 10.0. The van der Waals surface area contributed by atoms with Gasteiger partial charge in [0.2, 0.25) is 6.79 Å². The molecule has 3 rings (SSSR count). The summed E-state index contributed by atoms with van der Waals surface area (Å²) >= 11 is 0. The Labute approximate surface area is 98.2 Å². The molecule has 17 heavy (non-hydrogen) atoms. The van der Waals surface area contributed by atoms with Gasteiger partial charge in [0.05, 0.1) is 17.6 Å². The normalized spacial score (nSPS) is 12.8. The first-order valence-electron chi connectivity index (χ1n) is 5.28. The number of nitrogens with zero attached hydrogens (tertiary/aromatic N) is 2. The number of rotatable bonds is 2. The van der Waals surface area contributed by atoms with Crippen molar-refractivity contribution in [2.45, 2.75) is 6.54 Å². The van der Waals surface area contributed by atoms with Crippen molar-refractivity contribution in [1.29, 1.82) is 0 Å². The third-order valence-electron chi connectivity index (χ3n) is 2.56. The Kier molecular flexibility index (Phi) is 2.38. The average molecular weight is 229 g/mol. The highest BCUT2D eigenvalue weighted by molar-refractivity contribution is 5.63. The quantitative estimate of drug-likeness (QED) is 0.841. The smallest absolute Gasteiger partial charge is 0.231 e. The molecule has 0 spiro atoms. The topological polar surface area (TPSA) is 70.3 Å². The summed E-state index contributed by atoms with van der Waals surface area (Å²) in [6.07, 6.45) is 3.37. The van der Waals surface area contributed by atoms with Crippen LogP contribution >= 0.6 is 0 Å². The molecule has 86 valence electrons. The number of hydrogen-bond donors (Lipinski definition) is 1. The zero-order valence-electron chi connectivity index (χ0n) is 9.09. The van der Waals surface area contributed by atoms with Crippen LogP contribution in [0.1, 0.15) is 5.69 Å². The maximum absolute atomic E-state index is 5.54. The van der Waals surface area contributed by atoms with E-state index in [0.717, 1.165) is 28.5 Å². The monoisotopic (exact) mass is 229 g/mol. The van der Waals surface area contributed by atoms with Gasteiger partial charge in [-0.1, -0.05) is 0 Å². The molecular formula is C12H11N3O2. The Balaban J connectivity index is 2.03. The fourth-order valence-corrected chi connectivity index (χ4v) is 1.70. The molecule has 0 saturated heterocycles. The van der Waals surface area contributed by atoms with Crippen LogP contribution in [-0.4, -0.2) is 16.8 Å². The Hall–Kier alpha value is -2.14. The second-order valence-electron chi connectivity index (χ2n) is 3.67. The molecule has 0 fully saturated rings. The van der Waals surface area contributed by atoms with E-state index < -0.39 is 0 Å². The van der Waals surface area contributed by atoms with Gasteiger partial charge in [0.1, 0.15) is 0 Å². The van der Waals surface area contributed by atoms with Gasteiger partial charge < -0.3 is 15.2 Å². The van der Waals surface area contributed by atoms with Crippen LogP contribution in [0.4, 0.5) is 0 Å². The van der Waals surface area contributed by atoms with E-state index in [2.05, 4.69) is 9.97 Å². The molecule has 0 bridgehead atoms. The van der Waals surface area contributed by atoms with Crippen molar-refractivity contribution in [2.24, 2.45) is 5.73 Å². The standard InChI is InChI=1S/C12H11N3O2/c13-4-9-5-14-6-10(15-9)8-1-2-11-12(3-8)17-7-16-11/h1-3,5-6H,4,7,13H2. The summed E-state index contributed by atoms with van der Waals surface area (Å²) in [6.45, 7) is 0.651. The van der Waals surface area contributed by atoms with Crippen molar-refractivity contribution in [3.05, 3.63) is 36.3 Å². The number of ether oxygens (including phenoxy) is 2. The molecule has 2 heterocycles. The van der Waals surface area contributed by atoms with E-state index in [-0.39, 0.29) is 6.79 Å². The molecule has 0 amide bonds. The van der Waals surface area contributed by atoms with Crippen LogP contribution in [0.3, 0.4) is 0 Å². The van der Waals surface area contributed by atoms with Gasteiger partial charge in [-0.25, -0.2) is 4.98 Å². The molecule has 2 N–H and O–H groups in total. The Bertz CT molecular complexity index is 557. The Morgan fingerprint density at radius 3 is 2.94 bits per heavy atom. The molecule has 0 radical (unpaired) electrons. The molecule has 5 nitrogen and oxygen atoms in total. The molecular weight excluding hydrogens is 218 g/mol. The van der Waals surface area contributed by atoms with E-state index in [1.54, 1.807) is 12.4 Å². The Morgan fingerprint density at radius 1 is 1.18 bits per heavy atom. The van der Waals surface area contributed by atoms with Crippen molar-refractivity contribution in [3.63, 3.8) is 0 Å². The van der Waals surface area contributed by atoms with Gasteiger partial charge in [-0.3, -0.25) is 4.98 Å². The summed E-state index contributed by atoms with van der Waals surface area (Å²) in [5, 5.41) is 0. The van der Waals surface area contributed by atoms with E-state index in [1.807, 2.05) is 18.2 Å². The number of benzene rings is 1. The SMILES string of the molecule is NCc1cncc(-c2ccc3c(c2)OCO3)n1. The lowest BCUT2D eigenvalue weighted by molar-refractivity contribution is 0.174. The summed E-state index contributed by atoms with van der Waals surface area (Å²) in [4.78, 5) is 8.51. The average Bonchev–Trinajstić information content (AvgIpc) is 2.86. The van der Waals surface area contributed by atoms with Gasteiger partial charge in [0.15, 0.2) is 11.5 Å². The summed E-state index contributed by atoms with van der Waals surface area (Å²) in [6, 6.07) is 5.69. The lowest BCUT2D eigenvalue weighted by Gasteiger charge is -2.03. The zero-order chi connectivity index (χ0) is 11.7. The summed E-state index contributed by atoms with van der Waals surface area (Å²) < 4.78 is 10.6. The molecule has 1 aliphatic rings. The summed E-state index contributed by atoms with van der Waals surface area (Å²) in [5.74, 6) is 1.50. The molecule has 5 heteroatoms. The third-order valence-corrected chi connectivity index (χ3v) is 2.56. The highest BCUT2D eigenvalue weighted by Crippen LogP contribution is 2.35. The minimum absolute atomic E-state index is 0.271. The van der Waals surface area contributed by atoms with Gasteiger partial charge in [0, 0.05) is 18.3 Å². The molecule has 0 unspecified atom stereocenters. The predicted molar refractivity (Wildman–Crippen MR) is 61.5 cm³/mol. The first-order valence-corrected chi connectivity index (χ1v) is 5.28. The van der Waals surface area contributed by atoms with Crippen LogP contribution in [0, 0.1) is 0 Å². The van der Waals surface area contributed by atoms with Gasteiger partial charge in [0.25, 0.3) is 0 Å². The number of aromatic nitrogens is 2. The van der Waals surface area contributed by atoms with Gasteiger partial charge in [-0.05, 0) is 18.2 Å². The second-order valence-corrected chi connectivity index (χ2v) is 3.67. The maximum atomic E-state index is 5.54. The van der Waals surface area contributed by atoms with Crippen LogP contribution in [-0.2, 0) is 6.54 Å². The third kappa shape index (κ3) is 1.81. The fourth-order valence-electron chi connectivity index (χ4n) is 1.70. The molecule has 1 aliphatic heterocycles. The number of nitrogens with two attached hydrogens (primary N) is 1. The predicted octanol–water partition coefficient (Wildman–Crippen LogP) is 1.33. The second kappa shape index (κ2) is 4.03. The van der Waals surface area contributed by atoms with Crippen molar-refractivity contribution >= 4 is 0 Å². The van der Waals surface area contributed by atoms with Crippen molar-refractivity contribution < 1.29 is 9.47 Å². The van der Waals surface area contributed by atoms with Crippen LogP contribution in [0.5, 0.6) is 11.5 Å². The van der Waals surface area contributed by atoms with Crippen molar-refractivity contribution in [2.75, 3.05) is 6.79 Å². The van der Waals surface area contributed by atoms with Gasteiger partial charge in [-0.15, -0.1) is 0 Å². The van der Waals surface area contributed by atoms with Crippen LogP contribution in [0.2, 0.25) is 0 Å². The highest BCUT2D eigenvalue weighted by atomic mass is 16.7. The van der Waals surface area contributed by atoms with Gasteiger partial charge >= 0.3 is 0 Å². The van der Waals surface area contributed by atoms with E-state index in [4.69, 9.17) is 15.2 Å². The molecule has 0 atom stereocenters. The minimum Gasteiger partial charge on any atom is -0.454 e. The summed E-state index contributed by atoms with van der Waals surface area (Å²) in [5.41, 5.74) is 8.03. The van der Waals surface area contributed by atoms with Crippen LogP contribution in [0.15, 0.2) is 30.6 Å². The fraction of sp³-hybridized carbons (Fsp3) is 0.167. The molecule has 0 saturated carbocycles. The largest absolute Gasteiger partial charge is 0.454 e. The highest BCUT2D eigenvalue weighted by Gasteiger charge is 2.14. The van der Waals surface area contributed by atoms with E-state index in [9.17, 15) is 0 Å². The first-order chi connectivity index (χ1) is 8.36. The Morgan fingerprint density at radius 2 is 2.06 bits per heavy atom. The molecule has 1 aromatic heterocycles. The van der Waals surface area contributed by atoms with Crippen molar-refractivity contribution in [3.8, 4) is 22.8 Å². The van der Waals surface area contributed by atoms with Crippen molar-refractivity contribution in [1.82, 2.24) is 9.97 Å². The van der Waals surface area contributed by atoms with Gasteiger partial charge in [-0.2, -0.15) is 0 Å². The maximum Gasteiger partial charge on any atom is 0.231 e. The zero-order valence-corrected chi connectivity index (χ0v) is 9.09. The van der Waals surface area contributed by atoms with Crippen LogP contribution in [0.25, 0.3) is 11.3 Å².